The second kappa shape index (κ2) is 7.05. The van der Waals surface area contributed by atoms with Crippen molar-refractivity contribution in [1.82, 2.24) is 10.1 Å². The molecule has 0 aliphatic rings. The van der Waals surface area contributed by atoms with Gasteiger partial charge in [0.05, 0.1) is 6.61 Å². The predicted octanol–water partition coefficient (Wildman–Crippen LogP) is 4.72. The van der Waals surface area contributed by atoms with E-state index in [1.807, 2.05) is 24.3 Å². The van der Waals surface area contributed by atoms with E-state index >= 15 is 0 Å². The minimum atomic E-state index is -0.295. The summed E-state index contributed by atoms with van der Waals surface area (Å²) >= 11 is 0. The first-order valence-electron chi connectivity index (χ1n) is 7.59. The van der Waals surface area contributed by atoms with E-state index in [4.69, 9.17) is 9.26 Å². The van der Waals surface area contributed by atoms with Crippen molar-refractivity contribution in [2.24, 2.45) is 0 Å². The molecular weight excluding hydrogens is 295 g/mol. The summed E-state index contributed by atoms with van der Waals surface area (Å²) in [6, 6.07) is 13.5. The van der Waals surface area contributed by atoms with Gasteiger partial charge in [0.15, 0.2) is 0 Å². The topological polar surface area (TPSA) is 48.2 Å². The van der Waals surface area contributed by atoms with Crippen LogP contribution in [0.3, 0.4) is 0 Å². The van der Waals surface area contributed by atoms with Crippen molar-refractivity contribution in [3.05, 3.63) is 54.3 Å². The average Bonchev–Trinajstić information content (AvgIpc) is 3.06. The van der Waals surface area contributed by atoms with Crippen LogP contribution < -0.4 is 4.74 Å². The molecule has 0 spiro atoms. The predicted molar refractivity (Wildman–Crippen MR) is 85.5 cm³/mol. The van der Waals surface area contributed by atoms with Crippen LogP contribution in [-0.2, 0) is 0 Å². The fourth-order valence-electron chi connectivity index (χ4n) is 2.09. The van der Waals surface area contributed by atoms with Crippen LogP contribution >= 0.6 is 0 Å². The van der Waals surface area contributed by atoms with Gasteiger partial charge in [-0.25, -0.2) is 4.39 Å². The van der Waals surface area contributed by atoms with Crippen LogP contribution in [0.5, 0.6) is 5.75 Å². The van der Waals surface area contributed by atoms with E-state index in [1.54, 1.807) is 12.1 Å². The van der Waals surface area contributed by atoms with Crippen LogP contribution in [0.25, 0.3) is 22.8 Å². The molecule has 4 nitrogen and oxygen atoms in total. The highest BCUT2D eigenvalue weighted by atomic mass is 19.1. The lowest BCUT2D eigenvalue weighted by Gasteiger charge is -2.04. The molecule has 1 aromatic heterocycles. The maximum Gasteiger partial charge on any atom is 0.258 e. The quantitative estimate of drug-likeness (QED) is 0.618. The molecular formula is C18H17FN2O2. The molecule has 0 unspecified atom stereocenters. The van der Waals surface area contributed by atoms with Gasteiger partial charge in [-0.15, -0.1) is 0 Å². The lowest BCUT2D eigenvalue weighted by molar-refractivity contribution is 0.309. The number of aromatic nitrogens is 2. The Bertz CT molecular complexity index is 751. The van der Waals surface area contributed by atoms with Crippen molar-refractivity contribution in [3.8, 4) is 28.6 Å². The van der Waals surface area contributed by atoms with Crippen molar-refractivity contribution in [3.63, 3.8) is 0 Å². The number of hydrogen-bond acceptors (Lipinski definition) is 4. The summed E-state index contributed by atoms with van der Waals surface area (Å²) in [6.07, 6.45) is 2.14. The number of benzene rings is 2. The van der Waals surface area contributed by atoms with E-state index < -0.39 is 0 Å². The first kappa shape index (κ1) is 15.2. The van der Waals surface area contributed by atoms with E-state index in [-0.39, 0.29) is 5.82 Å². The Kier molecular flexibility index (Phi) is 4.66. The number of rotatable bonds is 6. The summed E-state index contributed by atoms with van der Waals surface area (Å²) in [5.74, 6) is 1.38. The van der Waals surface area contributed by atoms with Crippen molar-refractivity contribution in [2.75, 3.05) is 6.61 Å². The molecule has 1 heterocycles. The van der Waals surface area contributed by atoms with E-state index in [0.29, 0.717) is 23.9 Å². The third-order valence-corrected chi connectivity index (χ3v) is 3.40. The Balaban J connectivity index is 1.73. The van der Waals surface area contributed by atoms with Crippen LogP contribution in [0.2, 0.25) is 0 Å². The minimum Gasteiger partial charge on any atom is -0.494 e. The van der Waals surface area contributed by atoms with Gasteiger partial charge in [-0.1, -0.05) is 18.5 Å². The first-order valence-corrected chi connectivity index (χ1v) is 7.59. The standard InChI is InChI=1S/C18H17FN2O2/c1-2-3-12-22-16-10-6-14(7-11-16)18-20-17(21-23-18)13-4-8-15(19)9-5-13/h4-11H,2-3,12H2,1H3. The highest BCUT2D eigenvalue weighted by Crippen LogP contribution is 2.24. The molecule has 5 heteroatoms. The summed E-state index contributed by atoms with van der Waals surface area (Å²) in [4.78, 5) is 4.34. The highest BCUT2D eigenvalue weighted by molar-refractivity contribution is 5.60. The van der Waals surface area contributed by atoms with Gasteiger partial charge < -0.3 is 9.26 Å². The van der Waals surface area contributed by atoms with E-state index in [9.17, 15) is 4.39 Å². The molecule has 0 aliphatic carbocycles. The third-order valence-electron chi connectivity index (χ3n) is 3.40. The zero-order chi connectivity index (χ0) is 16.1. The van der Waals surface area contributed by atoms with E-state index in [2.05, 4.69) is 17.1 Å². The number of nitrogens with zero attached hydrogens (tertiary/aromatic N) is 2. The van der Waals surface area contributed by atoms with Crippen LogP contribution in [-0.4, -0.2) is 16.7 Å². The molecule has 0 saturated heterocycles. The first-order chi connectivity index (χ1) is 11.3. The molecule has 23 heavy (non-hydrogen) atoms. The lowest BCUT2D eigenvalue weighted by atomic mass is 10.2. The Hall–Kier alpha value is -2.69. The van der Waals surface area contributed by atoms with Crippen molar-refractivity contribution in [2.45, 2.75) is 19.8 Å². The second-order valence-corrected chi connectivity index (χ2v) is 5.16. The zero-order valence-corrected chi connectivity index (χ0v) is 12.8. The number of halogens is 1. The monoisotopic (exact) mass is 312 g/mol. The van der Waals surface area contributed by atoms with Crippen molar-refractivity contribution >= 4 is 0 Å². The fraction of sp³-hybridized carbons (Fsp3) is 0.222. The Morgan fingerprint density at radius 3 is 2.39 bits per heavy atom. The maximum absolute atomic E-state index is 12.9. The lowest BCUT2D eigenvalue weighted by Crippen LogP contribution is -1.95. The summed E-state index contributed by atoms with van der Waals surface area (Å²) in [5.41, 5.74) is 1.52. The van der Waals surface area contributed by atoms with Gasteiger partial charge in [0.2, 0.25) is 5.82 Å². The summed E-state index contributed by atoms with van der Waals surface area (Å²) in [6.45, 7) is 2.84. The van der Waals surface area contributed by atoms with Crippen molar-refractivity contribution in [1.29, 1.82) is 0 Å². The Morgan fingerprint density at radius 1 is 1.00 bits per heavy atom. The van der Waals surface area contributed by atoms with Crippen LogP contribution in [0.15, 0.2) is 53.1 Å². The normalized spacial score (nSPS) is 10.7. The minimum absolute atomic E-state index is 0.295. The van der Waals surface area contributed by atoms with Crippen LogP contribution in [0, 0.1) is 5.82 Å². The smallest absolute Gasteiger partial charge is 0.258 e. The fourth-order valence-corrected chi connectivity index (χ4v) is 2.09. The molecule has 0 atom stereocenters. The highest BCUT2D eigenvalue weighted by Gasteiger charge is 2.10. The summed E-state index contributed by atoms with van der Waals surface area (Å²) in [5, 5.41) is 3.94. The molecule has 0 fully saturated rings. The molecule has 3 rings (SSSR count). The largest absolute Gasteiger partial charge is 0.494 e. The van der Waals surface area contributed by atoms with Gasteiger partial charge >= 0.3 is 0 Å². The zero-order valence-electron chi connectivity index (χ0n) is 12.8. The van der Waals surface area contributed by atoms with Gasteiger partial charge in [0.1, 0.15) is 11.6 Å². The van der Waals surface area contributed by atoms with Gasteiger partial charge in [0.25, 0.3) is 5.89 Å². The van der Waals surface area contributed by atoms with Crippen LogP contribution in [0.1, 0.15) is 19.8 Å². The Morgan fingerprint density at radius 2 is 1.70 bits per heavy atom. The molecule has 0 aliphatic heterocycles. The summed E-state index contributed by atoms with van der Waals surface area (Å²) in [7, 11) is 0. The molecule has 2 aromatic carbocycles. The molecule has 0 saturated carbocycles. The molecule has 0 radical (unpaired) electrons. The maximum atomic E-state index is 12.9. The molecule has 0 amide bonds. The van der Waals surface area contributed by atoms with Gasteiger partial charge in [0, 0.05) is 11.1 Å². The van der Waals surface area contributed by atoms with Crippen molar-refractivity contribution < 1.29 is 13.7 Å². The molecule has 118 valence electrons. The van der Waals surface area contributed by atoms with E-state index in [1.165, 1.54) is 12.1 Å². The second-order valence-electron chi connectivity index (χ2n) is 5.16. The number of ether oxygens (including phenoxy) is 1. The summed E-state index contributed by atoms with van der Waals surface area (Å²) < 4.78 is 23.8. The number of unbranched alkanes of at least 4 members (excludes halogenated alkanes) is 1. The van der Waals surface area contributed by atoms with Gasteiger partial charge in [-0.05, 0) is 55.0 Å². The Labute approximate surface area is 133 Å². The van der Waals surface area contributed by atoms with Crippen LogP contribution in [0.4, 0.5) is 4.39 Å². The number of hydrogen-bond donors (Lipinski definition) is 0. The van der Waals surface area contributed by atoms with Gasteiger partial charge in [-0.3, -0.25) is 0 Å². The molecule has 3 aromatic rings. The average molecular weight is 312 g/mol. The molecule has 0 bridgehead atoms. The SMILES string of the molecule is CCCCOc1ccc(-c2nc(-c3ccc(F)cc3)no2)cc1. The molecule has 0 N–H and O–H groups in total. The van der Waals surface area contributed by atoms with Gasteiger partial charge in [-0.2, -0.15) is 4.98 Å². The van der Waals surface area contributed by atoms with E-state index in [0.717, 1.165) is 24.2 Å². The third kappa shape index (κ3) is 3.74.